The molecular formula is C29H25N2OP. The zero-order valence-electron chi connectivity index (χ0n) is 18.5. The van der Waals surface area contributed by atoms with Crippen molar-refractivity contribution >= 4 is 45.3 Å². The maximum atomic E-state index is 15.4. The molecule has 0 aliphatic carbocycles. The molecule has 0 amide bonds. The molecule has 3 nitrogen and oxygen atoms in total. The fraction of sp³-hybridized carbons (Fsp3) is 0.0690. The molecule has 0 unspecified atom stereocenters. The molecule has 4 heteroatoms. The van der Waals surface area contributed by atoms with Crippen LogP contribution in [0.5, 0.6) is 0 Å². The van der Waals surface area contributed by atoms with E-state index in [-0.39, 0.29) is 0 Å². The molecule has 0 aliphatic rings. The molecule has 1 heterocycles. The number of hydrogen-bond acceptors (Lipinski definition) is 3. The Morgan fingerprint density at radius 3 is 1.79 bits per heavy atom. The first-order valence-corrected chi connectivity index (χ1v) is 12.9. The largest absolute Gasteiger partial charge is 0.354 e. The zero-order valence-corrected chi connectivity index (χ0v) is 19.4. The van der Waals surface area contributed by atoms with Crippen molar-refractivity contribution in [2.24, 2.45) is 0 Å². The van der Waals surface area contributed by atoms with Gasteiger partial charge in [0.1, 0.15) is 0 Å². The highest BCUT2D eigenvalue weighted by atomic mass is 31.2. The van der Waals surface area contributed by atoms with Crippen molar-refractivity contribution in [2.45, 2.75) is 13.3 Å². The Morgan fingerprint density at radius 2 is 1.21 bits per heavy atom. The third kappa shape index (κ3) is 3.86. The number of anilines is 2. The lowest BCUT2D eigenvalue weighted by atomic mass is 10.1. The van der Waals surface area contributed by atoms with Crippen LogP contribution in [0, 0.1) is 0 Å². The van der Waals surface area contributed by atoms with Crippen LogP contribution >= 0.6 is 7.14 Å². The number of nitrogens with zero attached hydrogens (tertiary/aromatic N) is 1. The average Bonchev–Trinajstić information content (AvgIpc) is 2.89. The molecule has 1 N–H and O–H groups in total. The molecule has 0 fully saturated rings. The Labute approximate surface area is 194 Å². The van der Waals surface area contributed by atoms with Gasteiger partial charge in [0.15, 0.2) is 7.14 Å². The second-order valence-electron chi connectivity index (χ2n) is 7.92. The van der Waals surface area contributed by atoms with Crippen LogP contribution in [0.4, 0.5) is 11.4 Å². The van der Waals surface area contributed by atoms with Crippen molar-refractivity contribution < 1.29 is 4.57 Å². The number of pyridine rings is 1. The second kappa shape index (κ2) is 9.05. The van der Waals surface area contributed by atoms with Crippen molar-refractivity contribution in [2.75, 3.05) is 5.32 Å². The number of nitrogens with one attached hydrogen (secondary N) is 1. The first kappa shape index (κ1) is 21.2. The van der Waals surface area contributed by atoms with Gasteiger partial charge in [-0.1, -0.05) is 104 Å². The Hall–Kier alpha value is -3.68. The van der Waals surface area contributed by atoms with Crippen LogP contribution < -0.4 is 21.2 Å². The molecular weight excluding hydrogens is 423 g/mol. The predicted octanol–water partition coefficient (Wildman–Crippen LogP) is 6.18. The van der Waals surface area contributed by atoms with Gasteiger partial charge in [-0.25, -0.2) is 0 Å². The lowest BCUT2D eigenvalue weighted by Gasteiger charge is -2.26. The van der Waals surface area contributed by atoms with E-state index in [1.54, 1.807) is 0 Å². The predicted molar refractivity (Wildman–Crippen MR) is 140 cm³/mol. The van der Waals surface area contributed by atoms with Crippen LogP contribution in [0.2, 0.25) is 0 Å². The quantitative estimate of drug-likeness (QED) is 0.316. The summed E-state index contributed by atoms with van der Waals surface area (Å²) in [4.78, 5) is 5.00. The van der Waals surface area contributed by atoms with Gasteiger partial charge in [-0.05, 0) is 24.6 Å². The van der Waals surface area contributed by atoms with E-state index in [4.69, 9.17) is 4.98 Å². The average molecular weight is 449 g/mol. The zero-order chi connectivity index (χ0) is 22.7. The van der Waals surface area contributed by atoms with Crippen molar-refractivity contribution in [1.82, 2.24) is 4.98 Å². The molecule has 0 atom stereocenters. The van der Waals surface area contributed by atoms with Gasteiger partial charge < -0.3 is 9.88 Å². The number of aryl methyl sites for hydroxylation is 1. The Morgan fingerprint density at radius 1 is 0.697 bits per heavy atom. The number of aromatic nitrogens is 1. The molecule has 0 aliphatic heterocycles. The summed E-state index contributed by atoms with van der Waals surface area (Å²) in [5.74, 6) is 0. The highest BCUT2D eigenvalue weighted by Gasteiger charge is 2.35. The van der Waals surface area contributed by atoms with Crippen LogP contribution in [0.15, 0.2) is 115 Å². The van der Waals surface area contributed by atoms with Gasteiger partial charge in [0.2, 0.25) is 0 Å². The summed E-state index contributed by atoms with van der Waals surface area (Å²) in [7, 11) is -3.23. The van der Waals surface area contributed by atoms with Crippen LogP contribution in [0.1, 0.15) is 12.6 Å². The van der Waals surface area contributed by atoms with Gasteiger partial charge >= 0.3 is 0 Å². The molecule has 5 aromatic rings. The van der Waals surface area contributed by atoms with Crippen LogP contribution in [-0.4, -0.2) is 4.98 Å². The van der Waals surface area contributed by atoms with E-state index in [2.05, 4.69) is 18.3 Å². The lowest BCUT2D eigenvalue weighted by Crippen LogP contribution is -2.30. The summed E-state index contributed by atoms with van der Waals surface area (Å²) in [6.45, 7) is 2.08. The smallest absolute Gasteiger partial charge is 0.174 e. The van der Waals surface area contributed by atoms with Crippen molar-refractivity contribution in [3.8, 4) is 0 Å². The van der Waals surface area contributed by atoms with E-state index >= 15 is 4.57 Å². The summed E-state index contributed by atoms with van der Waals surface area (Å²) in [6, 6.07) is 37.7. The SMILES string of the molecule is CCc1nc2ccccc2c(Nc2ccccc2)c1P(=O)(c1ccccc1)c1ccccc1. The minimum atomic E-state index is -3.23. The molecule has 0 saturated carbocycles. The Bertz CT molecular complexity index is 1390. The van der Waals surface area contributed by atoms with Crippen LogP contribution in [0.25, 0.3) is 10.9 Å². The topological polar surface area (TPSA) is 42.0 Å². The molecule has 1 aromatic heterocycles. The Kier molecular flexibility index (Phi) is 5.81. The van der Waals surface area contributed by atoms with E-state index in [1.165, 1.54) is 0 Å². The number of rotatable bonds is 6. The normalized spacial score (nSPS) is 11.4. The van der Waals surface area contributed by atoms with Gasteiger partial charge in [0.25, 0.3) is 0 Å². The van der Waals surface area contributed by atoms with E-state index < -0.39 is 7.14 Å². The molecule has 162 valence electrons. The first-order chi connectivity index (χ1) is 16.2. The number of hydrogen-bond donors (Lipinski definition) is 1. The third-order valence-corrected chi connectivity index (χ3v) is 9.03. The van der Waals surface area contributed by atoms with E-state index in [1.807, 2.05) is 109 Å². The Balaban J connectivity index is 1.90. The molecule has 33 heavy (non-hydrogen) atoms. The summed E-state index contributed by atoms with van der Waals surface area (Å²) in [5, 5.41) is 6.97. The van der Waals surface area contributed by atoms with E-state index in [0.29, 0.717) is 6.42 Å². The standard InChI is InChI=1S/C29H25N2OP/c1-2-26-29(33(32,23-16-8-4-9-17-23)24-18-10-5-11-19-24)28(30-22-14-6-3-7-15-22)25-20-12-13-21-27(25)31-26/h3-21H,2H2,1H3,(H,30,31). The third-order valence-electron chi connectivity index (χ3n) is 5.87. The van der Waals surface area contributed by atoms with Gasteiger partial charge in [-0.3, -0.25) is 4.98 Å². The van der Waals surface area contributed by atoms with E-state index in [9.17, 15) is 0 Å². The number of fused-ring (bicyclic) bond motifs is 1. The van der Waals surface area contributed by atoms with Gasteiger partial charge in [-0.15, -0.1) is 0 Å². The lowest BCUT2D eigenvalue weighted by molar-refractivity contribution is 0.592. The fourth-order valence-electron chi connectivity index (χ4n) is 4.31. The minimum Gasteiger partial charge on any atom is -0.354 e. The van der Waals surface area contributed by atoms with Gasteiger partial charge in [0.05, 0.1) is 22.2 Å². The number of para-hydroxylation sites is 2. The molecule has 0 bridgehead atoms. The van der Waals surface area contributed by atoms with Gasteiger partial charge in [0, 0.05) is 21.7 Å². The summed E-state index contributed by atoms with van der Waals surface area (Å²) < 4.78 is 15.4. The summed E-state index contributed by atoms with van der Waals surface area (Å²) in [6.07, 6.45) is 0.674. The summed E-state index contributed by atoms with van der Waals surface area (Å²) >= 11 is 0. The summed E-state index contributed by atoms with van der Waals surface area (Å²) in [5.41, 5.74) is 3.55. The molecule has 0 saturated heterocycles. The van der Waals surface area contributed by atoms with E-state index in [0.717, 1.165) is 43.9 Å². The van der Waals surface area contributed by atoms with Gasteiger partial charge in [-0.2, -0.15) is 0 Å². The maximum Gasteiger partial charge on any atom is 0.174 e. The highest BCUT2D eigenvalue weighted by Crippen LogP contribution is 2.47. The second-order valence-corrected chi connectivity index (χ2v) is 10.6. The van der Waals surface area contributed by atoms with Crippen LogP contribution in [0.3, 0.4) is 0 Å². The molecule has 4 aromatic carbocycles. The fourth-order valence-corrected chi connectivity index (χ4v) is 7.38. The van der Waals surface area contributed by atoms with Crippen molar-refractivity contribution in [3.05, 3.63) is 121 Å². The molecule has 5 rings (SSSR count). The van der Waals surface area contributed by atoms with Crippen LogP contribution in [-0.2, 0) is 11.0 Å². The minimum absolute atomic E-state index is 0.674. The molecule has 0 radical (unpaired) electrons. The van der Waals surface area contributed by atoms with Crippen molar-refractivity contribution in [1.29, 1.82) is 0 Å². The highest BCUT2D eigenvalue weighted by molar-refractivity contribution is 7.85. The van der Waals surface area contributed by atoms with Crippen molar-refractivity contribution in [3.63, 3.8) is 0 Å². The first-order valence-electron chi connectivity index (χ1n) is 11.2. The maximum absolute atomic E-state index is 15.4. The molecule has 0 spiro atoms. The monoisotopic (exact) mass is 448 g/mol. The number of benzene rings is 4.